The Morgan fingerprint density at radius 2 is 1.95 bits per heavy atom. The van der Waals surface area contributed by atoms with Crippen molar-refractivity contribution in [2.24, 2.45) is 17.7 Å². The van der Waals surface area contributed by atoms with Crippen LogP contribution in [0, 0.1) is 18.8 Å². The Hall–Kier alpha value is -1.40. The minimum atomic E-state index is 0.282. The third kappa shape index (κ3) is 3.33. The van der Waals surface area contributed by atoms with Crippen LogP contribution in [0.15, 0.2) is 6.33 Å². The molecule has 2 unspecified atom stereocenters. The molecule has 6 heteroatoms. The Morgan fingerprint density at radius 3 is 2.63 bits per heavy atom. The number of aliphatic hydroxyl groups excluding tert-OH is 1. The van der Waals surface area contributed by atoms with Crippen molar-refractivity contribution in [3.63, 3.8) is 0 Å². The van der Waals surface area contributed by atoms with E-state index in [0.717, 1.165) is 24.3 Å². The number of nitrogen functional groups attached to an aromatic ring is 1. The first-order valence-electron chi connectivity index (χ1n) is 6.89. The van der Waals surface area contributed by atoms with E-state index in [-0.39, 0.29) is 6.61 Å². The molecule has 0 aromatic carbocycles. The van der Waals surface area contributed by atoms with Gasteiger partial charge in [0.25, 0.3) is 0 Å². The van der Waals surface area contributed by atoms with Gasteiger partial charge in [0.2, 0.25) is 0 Å². The molecule has 2 rings (SSSR count). The molecule has 1 aromatic rings. The summed E-state index contributed by atoms with van der Waals surface area (Å²) < 4.78 is 0. The Bertz CT molecular complexity index is 412. The van der Waals surface area contributed by atoms with E-state index in [2.05, 4.69) is 20.7 Å². The number of hydrogen-bond acceptors (Lipinski definition) is 6. The second-order valence-corrected chi connectivity index (χ2v) is 5.21. The van der Waals surface area contributed by atoms with Crippen molar-refractivity contribution in [2.45, 2.75) is 32.6 Å². The fourth-order valence-electron chi connectivity index (χ4n) is 2.80. The number of nitrogens with two attached hydrogens (primary N) is 1. The van der Waals surface area contributed by atoms with Crippen LogP contribution in [-0.2, 0) is 0 Å². The van der Waals surface area contributed by atoms with Gasteiger partial charge in [-0.2, -0.15) is 0 Å². The van der Waals surface area contributed by atoms with Crippen molar-refractivity contribution in [3.05, 3.63) is 11.9 Å². The number of hydrogen-bond donors (Lipinski definition) is 4. The largest absolute Gasteiger partial charge is 0.396 e. The summed E-state index contributed by atoms with van der Waals surface area (Å²) in [6, 6.07) is 0. The van der Waals surface area contributed by atoms with E-state index in [1.807, 2.05) is 6.92 Å². The van der Waals surface area contributed by atoms with Gasteiger partial charge in [0, 0.05) is 18.7 Å². The summed E-state index contributed by atoms with van der Waals surface area (Å²) in [7, 11) is 0. The van der Waals surface area contributed by atoms with E-state index in [9.17, 15) is 5.11 Å². The highest BCUT2D eigenvalue weighted by Gasteiger charge is 2.24. The summed E-state index contributed by atoms with van der Waals surface area (Å²) in [6.07, 6.45) is 6.27. The van der Waals surface area contributed by atoms with Crippen LogP contribution in [0.2, 0.25) is 0 Å². The average Bonchev–Trinajstić information content (AvgIpc) is 2.46. The fraction of sp³-hybridized carbons (Fsp3) is 0.692. The molecule has 19 heavy (non-hydrogen) atoms. The second-order valence-electron chi connectivity index (χ2n) is 5.21. The molecule has 0 bridgehead atoms. The van der Waals surface area contributed by atoms with Crippen LogP contribution in [-0.4, -0.2) is 28.2 Å². The fourth-order valence-corrected chi connectivity index (χ4v) is 2.80. The van der Waals surface area contributed by atoms with Gasteiger partial charge in [-0.15, -0.1) is 0 Å². The van der Waals surface area contributed by atoms with Gasteiger partial charge in [0.15, 0.2) is 0 Å². The van der Waals surface area contributed by atoms with Crippen LogP contribution in [0.25, 0.3) is 0 Å². The van der Waals surface area contributed by atoms with Crippen LogP contribution in [0.3, 0.4) is 0 Å². The van der Waals surface area contributed by atoms with Gasteiger partial charge in [0.05, 0.1) is 0 Å². The average molecular weight is 265 g/mol. The van der Waals surface area contributed by atoms with Gasteiger partial charge in [0.1, 0.15) is 18.0 Å². The highest BCUT2D eigenvalue weighted by Crippen LogP contribution is 2.30. The highest BCUT2D eigenvalue weighted by molar-refractivity contribution is 5.55. The van der Waals surface area contributed by atoms with Gasteiger partial charge < -0.3 is 15.8 Å². The third-order valence-corrected chi connectivity index (χ3v) is 4.05. The molecule has 1 saturated carbocycles. The van der Waals surface area contributed by atoms with E-state index in [0.29, 0.717) is 17.7 Å². The maximum absolute atomic E-state index is 9.42. The number of aliphatic hydroxyl groups is 1. The Labute approximate surface area is 113 Å². The van der Waals surface area contributed by atoms with Crippen LogP contribution >= 0.6 is 0 Å². The van der Waals surface area contributed by atoms with Crippen molar-refractivity contribution < 1.29 is 5.11 Å². The zero-order chi connectivity index (χ0) is 13.7. The molecule has 1 aromatic heterocycles. The lowest BCUT2D eigenvalue weighted by atomic mass is 9.79. The van der Waals surface area contributed by atoms with Crippen LogP contribution in [0.5, 0.6) is 0 Å². The van der Waals surface area contributed by atoms with E-state index in [1.165, 1.54) is 25.6 Å². The highest BCUT2D eigenvalue weighted by atomic mass is 16.3. The molecule has 2 atom stereocenters. The Morgan fingerprint density at radius 1 is 1.26 bits per heavy atom. The first-order chi connectivity index (χ1) is 9.26. The van der Waals surface area contributed by atoms with E-state index >= 15 is 0 Å². The third-order valence-electron chi connectivity index (χ3n) is 4.05. The van der Waals surface area contributed by atoms with Crippen molar-refractivity contribution in [1.82, 2.24) is 9.97 Å². The van der Waals surface area contributed by atoms with Gasteiger partial charge in [-0.1, -0.05) is 12.8 Å². The summed E-state index contributed by atoms with van der Waals surface area (Å²) in [5.41, 5.74) is 3.48. The summed E-state index contributed by atoms with van der Waals surface area (Å²) >= 11 is 0. The van der Waals surface area contributed by atoms with Crippen molar-refractivity contribution in [2.75, 3.05) is 23.9 Å². The predicted octanol–water partition coefficient (Wildman–Crippen LogP) is 1.28. The van der Waals surface area contributed by atoms with Crippen molar-refractivity contribution in [1.29, 1.82) is 0 Å². The molecule has 1 fully saturated rings. The van der Waals surface area contributed by atoms with Crippen molar-refractivity contribution in [3.8, 4) is 0 Å². The minimum Gasteiger partial charge on any atom is -0.396 e. The lowest BCUT2D eigenvalue weighted by Gasteiger charge is -2.30. The van der Waals surface area contributed by atoms with E-state index in [4.69, 9.17) is 5.84 Å². The molecule has 0 radical (unpaired) electrons. The number of anilines is 2. The van der Waals surface area contributed by atoms with Gasteiger partial charge in [-0.05, 0) is 31.6 Å². The predicted molar refractivity (Wildman–Crippen MR) is 75.6 cm³/mol. The molecule has 5 N–H and O–H groups in total. The van der Waals surface area contributed by atoms with E-state index in [1.54, 1.807) is 0 Å². The molecule has 0 aliphatic heterocycles. The SMILES string of the molecule is Cc1c(NN)ncnc1NCC1CCCCC1CO. The molecule has 1 aliphatic rings. The monoisotopic (exact) mass is 265 g/mol. The maximum Gasteiger partial charge on any atom is 0.148 e. The first-order valence-corrected chi connectivity index (χ1v) is 6.89. The number of aromatic nitrogens is 2. The molecular weight excluding hydrogens is 242 g/mol. The lowest BCUT2D eigenvalue weighted by Crippen LogP contribution is -2.29. The molecule has 1 heterocycles. The van der Waals surface area contributed by atoms with Crippen LogP contribution in [0.1, 0.15) is 31.2 Å². The van der Waals surface area contributed by atoms with Gasteiger partial charge in [-0.25, -0.2) is 15.8 Å². The topological polar surface area (TPSA) is 96.1 Å². The molecular formula is C13H23N5O. The second kappa shape index (κ2) is 6.68. The van der Waals surface area contributed by atoms with Gasteiger partial charge >= 0.3 is 0 Å². The maximum atomic E-state index is 9.42. The van der Waals surface area contributed by atoms with Gasteiger partial charge in [-0.3, -0.25) is 0 Å². The summed E-state index contributed by atoms with van der Waals surface area (Å²) in [5.74, 6) is 7.78. The van der Waals surface area contributed by atoms with Crippen LogP contribution in [0.4, 0.5) is 11.6 Å². The minimum absolute atomic E-state index is 0.282. The van der Waals surface area contributed by atoms with E-state index < -0.39 is 0 Å². The Kier molecular flexibility index (Phi) is 4.93. The standard InChI is InChI=1S/C13H23N5O/c1-9-12(16-8-17-13(9)18-14)15-6-10-4-2-3-5-11(10)7-19/h8,10-11,19H,2-7,14H2,1H3,(H2,15,16,17,18). The molecule has 0 spiro atoms. The van der Waals surface area contributed by atoms with Crippen molar-refractivity contribution >= 4 is 11.6 Å². The zero-order valence-electron chi connectivity index (χ0n) is 11.4. The quantitative estimate of drug-likeness (QED) is 0.473. The smallest absolute Gasteiger partial charge is 0.148 e. The Balaban J connectivity index is 1.98. The summed E-state index contributed by atoms with van der Waals surface area (Å²) in [4.78, 5) is 8.30. The number of rotatable bonds is 5. The number of nitrogens with one attached hydrogen (secondary N) is 2. The molecule has 1 aliphatic carbocycles. The summed E-state index contributed by atoms with van der Waals surface area (Å²) in [6.45, 7) is 3.06. The first kappa shape index (κ1) is 14.0. The zero-order valence-corrected chi connectivity index (χ0v) is 11.4. The molecule has 6 nitrogen and oxygen atoms in total. The molecule has 0 amide bonds. The number of nitrogens with zero attached hydrogens (tertiary/aromatic N) is 2. The molecule has 0 saturated heterocycles. The number of hydrazine groups is 1. The molecule has 106 valence electrons. The normalized spacial score (nSPS) is 23.1. The lowest BCUT2D eigenvalue weighted by molar-refractivity contribution is 0.141. The summed E-state index contributed by atoms with van der Waals surface area (Å²) in [5, 5.41) is 12.8. The van der Waals surface area contributed by atoms with Crippen LogP contribution < -0.4 is 16.6 Å².